The van der Waals surface area contributed by atoms with E-state index in [0.717, 1.165) is 17.4 Å². The standard InChI is InChI=1S/C52H89NO15SSi/c1-16-38-26-32(2)25-33(3)27-44(62-11)47-45(63-12)29-35(5)52(58,67-47)48(55)49(56)53-22-18-17-19-39(53)50(57)66-46(36(6)42(31-40(38)54)68-70(14,15)51(7,8)9)34(4)28-37-20-21-41(43(30-37)61-10)64-23-24-65-69(13,59)60/h26,28,33,35-39,41-47,58H,16-25,27,29-31H2,1-15H3/b32-26+,34-28?. The molecule has 18 heteroatoms. The first kappa shape index (κ1) is 60.2. The van der Waals surface area contributed by atoms with Crippen molar-refractivity contribution in [2.75, 3.05) is 47.3 Å². The molecule has 0 aromatic heterocycles. The van der Waals surface area contributed by atoms with E-state index in [1.54, 1.807) is 28.3 Å². The number of fused-ring (bicyclic) bond motifs is 3. The lowest BCUT2D eigenvalue weighted by atomic mass is 9.81. The maximum absolute atomic E-state index is 14.9. The molecule has 0 radical (unpaired) electrons. The molecule has 16 nitrogen and oxygen atoms in total. The van der Waals surface area contributed by atoms with Crippen LogP contribution in [0.1, 0.15) is 133 Å². The topological polar surface area (TPSA) is 200 Å². The first-order chi connectivity index (χ1) is 32.6. The van der Waals surface area contributed by atoms with Gasteiger partial charge >= 0.3 is 5.97 Å². The van der Waals surface area contributed by atoms with Gasteiger partial charge in [-0.3, -0.25) is 18.6 Å². The summed E-state index contributed by atoms with van der Waals surface area (Å²) >= 11 is 0. The van der Waals surface area contributed by atoms with Crippen molar-refractivity contribution in [3.05, 3.63) is 23.3 Å². The summed E-state index contributed by atoms with van der Waals surface area (Å²) in [5, 5.41) is 12.0. The van der Waals surface area contributed by atoms with Gasteiger partial charge in [-0.15, -0.1) is 0 Å². The quantitative estimate of drug-likeness (QED) is 0.0475. The van der Waals surface area contributed by atoms with E-state index in [1.165, 1.54) is 4.90 Å². The van der Waals surface area contributed by atoms with Gasteiger partial charge in [0.2, 0.25) is 5.79 Å². The van der Waals surface area contributed by atoms with Gasteiger partial charge in [-0.05, 0) is 114 Å². The molecule has 1 saturated carbocycles. The van der Waals surface area contributed by atoms with Crippen LogP contribution in [-0.4, -0.2) is 152 Å². The number of carbonyl (C=O) groups is 4. The van der Waals surface area contributed by atoms with Crippen LogP contribution in [0.25, 0.3) is 0 Å². The second kappa shape index (κ2) is 25.7. The zero-order valence-electron chi connectivity index (χ0n) is 45.1. The highest BCUT2D eigenvalue weighted by atomic mass is 32.2. The molecule has 1 amide bonds. The van der Waals surface area contributed by atoms with E-state index in [-0.39, 0.29) is 73.9 Å². The van der Waals surface area contributed by atoms with Crippen molar-refractivity contribution in [3.63, 3.8) is 0 Å². The van der Waals surface area contributed by atoms with E-state index < -0.39 is 96.2 Å². The van der Waals surface area contributed by atoms with Crippen molar-refractivity contribution in [2.24, 2.45) is 29.6 Å². The number of aliphatic hydroxyl groups is 1. The average molecular weight is 1030 g/mol. The van der Waals surface area contributed by atoms with Gasteiger partial charge in [-0.25, -0.2) is 4.79 Å². The molecule has 0 spiro atoms. The molecule has 14 unspecified atom stereocenters. The van der Waals surface area contributed by atoms with E-state index in [2.05, 4.69) is 52.9 Å². The number of rotatable bonds is 13. The van der Waals surface area contributed by atoms with Gasteiger partial charge in [0.1, 0.15) is 24.0 Å². The Morgan fingerprint density at radius 1 is 0.900 bits per heavy atom. The number of carbonyl (C=O) groups excluding carboxylic acids is 4. The highest BCUT2D eigenvalue weighted by molar-refractivity contribution is 7.85. The molecule has 4 rings (SSSR count). The van der Waals surface area contributed by atoms with Crippen molar-refractivity contribution in [2.45, 2.75) is 206 Å². The first-order valence-electron chi connectivity index (χ1n) is 25.7. The molecule has 14 atom stereocenters. The van der Waals surface area contributed by atoms with Crippen molar-refractivity contribution in [3.8, 4) is 0 Å². The van der Waals surface area contributed by atoms with Crippen LogP contribution in [0, 0.1) is 29.6 Å². The smallest absolute Gasteiger partial charge is 0.329 e. The number of nitrogens with zero attached hydrogens (tertiary/aromatic N) is 1. The van der Waals surface area contributed by atoms with E-state index in [0.29, 0.717) is 51.4 Å². The summed E-state index contributed by atoms with van der Waals surface area (Å²) in [4.78, 5) is 60.0. The fourth-order valence-electron chi connectivity index (χ4n) is 10.6. The molecule has 1 aliphatic carbocycles. The van der Waals surface area contributed by atoms with Crippen LogP contribution in [0.4, 0.5) is 0 Å². The third kappa shape index (κ3) is 15.6. The largest absolute Gasteiger partial charge is 0.456 e. The van der Waals surface area contributed by atoms with Gasteiger partial charge in [0, 0.05) is 52.0 Å². The number of hydrogen-bond donors (Lipinski definition) is 1. The van der Waals surface area contributed by atoms with Crippen molar-refractivity contribution < 1.29 is 69.7 Å². The minimum Gasteiger partial charge on any atom is -0.456 e. The van der Waals surface area contributed by atoms with Crippen LogP contribution in [0.5, 0.6) is 0 Å². The number of piperidine rings is 1. The number of esters is 1. The second-order valence-corrected chi connectivity index (χ2v) is 28.8. The monoisotopic (exact) mass is 1030 g/mol. The first-order valence-corrected chi connectivity index (χ1v) is 30.4. The maximum atomic E-state index is 14.9. The summed E-state index contributed by atoms with van der Waals surface area (Å²) in [5.41, 5.74) is 1.77. The summed E-state index contributed by atoms with van der Waals surface area (Å²) in [6.07, 6.45) is 6.09. The number of hydrogen-bond acceptors (Lipinski definition) is 15. The van der Waals surface area contributed by atoms with Crippen molar-refractivity contribution >= 4 is 41.9 Å². The lowest BCUT2D eigenvalue weighted by Crippen LogP contribution is -2.64. The normalized spacial score (nSPS) is 36.4. The van der Waals surface area contributed by atoms with Gasteiger partial charge in [0.15, 0.2) is 8.32 Å². The summed E-state index contributed by atoms with van der Waals surface area (Å²) < 4.78 is 72.0. The summed E-state index contributed by atoms with van der Waals surface area (Å²) in [6.45, 7) is 22.4. The molecule has 3 fully saturated rings. The number of ether oxygens (including phenoxy) is 6. The third-order valence-electron chi connectivity index (χ3n) is 15.8. The Morgan fingerprint density at radius 3 is 2.14 bits per heavy atom. The maximum Gasteiger partial charge on any atom is 0.329 e. The lowest BCUT2D eigenvalue weighted by Gasteiger charge is -2.47. The number of cyclic esters (lactones) is 1. The van der Waals surface area contributed by atoms with Gasteiger partial charge in [-0.1, -0.05) is 66.2 Å². The molecule has 3 aliphatic heterocycles. The third-order valence-corrected chi connectivity index (χ3v) is 20.9. The Hall–Kier alpha value is -2.39. The fourth-order valence-corrected chi connectivity index (χ4v) is 12.4. The fraction of sp³-hybridized carbons (Fsp3) is 0.846. The number of ketones is 2. The molecule has 0 aromatic carbocycles. The van der Waals surface area contributed by atoms with E-state index >= 15 is 0 Å². The van der Waals surface area contributed by atoms with Crippen LogP contribution in [0.2, 0.25) is 18.1 Å². The predicted octanol–water partition coefficient (Wildman–Crippen LogP) is 7.50. The lowest BCUT2D eigenvalue weighted by molar-refractivity contribution is -0.302. The van der Waals surface area contributed by atoms with Gasteiger partial charge < -0.3 is 42.9 Å². The minimum absolute atomic E-state index is 0.0233. The molecular weight excluding hydrogens is 939 g/mol. The zero-order valence-corrected chi connectivity index (χ0v) is 46.9. The summed E-state index contributed by atoms with van der Waals surface area (Å²) in [6, 6.07) is -1.14. The Labute approximate surface area is 420 Å². The minimum atomic E-state index is -3.61. The highest BCUT2D eigenvalue weighted by Crippen LogP contribution is 2.42. The Kier molecular flexibility index (Phi) is 22.1. The predicted molar refractivity (Wildman–Crippen MR) is 269 cm³/mol. The Morgan fingerprint density at radius 2 is 1.54 bits per heavy atom. The molecule has 1 N–H and O–H groups in total. The summed E-state index contributed by atoms with van der Waals surface area (Å²) in [5.74, 6) is -7.18. The van der Waals surface area contributed by atoms with Crippen LogP contribution in [-0.2, 0) is 66.3 Å². The van der Waals surface area contributed by atoms with Crippen molar-refractivity contribution in [1.82, 2.24) is 4.90 Å². The van der Waals surface area contributed by atoms with Gasteiger partial charge in [-0.2, -0.15) is 8.42 Å². The molecule has 402 valence electrons. The number of methoxy groups -OCH3 is 3. The molecular formula is C52H89NO15SSi. The molecule has 2 bridgehead atoms. The second-order valence-electron chi connectivity index (χ2n) is 22.4. The van der Waals surface area contributed by atoms with Crippen LogP contribution < -0.4 is 0 Å². The van der Waals surface area contributed by atoms with Crippen LogP contribution in [0.15, 0.2) is 23.3 Å². The van der Waals surface area contributed by atoms with E-state index in [1.807, 2.05) is 27.7 Å². The van der Waals surface area contributed by atoms with Crippen LogP contribution >= 0.6 is 0 Å². The van der Waals surface area contributed by atoms with Crippen LogP contribution in [0.3, 0.4) is 0 Å². The SMILES string of the molecule is CCC1/C=C(\C)CC(C)CC(OC)C2OC(O)(C(=O)C(=O)N3CCCCC3C(=O)OC(C(C)=CC3CCC(OCCOS(C)(=O)=O)C(OC)C3)C(C)C(O[Si](C)(C)C(C)(C)C)CC1=O)C(C)CC2OC. The van der Waals surface area contributed by atoms with Gasteiger partial charge in [0.25, 0.3) is 21.8 Å². The number of amides is 1. The Balaban J connectivity index is 1.84. The molecule has 0 aromatic rings. The zero-order chi connectivity index (χ0) is 52.5. The highest BCUT2D eigenvalue weighted by Gasteiger charge is 2.57. The molecule has 3 heterocycles. The molecule has 4 aliphatic rings. The van der Waals surface area contributed by atoms with Gasteiger partial charge in [0.05, 0.1) is 50.0 Å². The molecule has 70 heavy (non-hydrogen) atoms. The average Bonchev–Trinajstić information content (AvgIpc) is 3.29. The summed E-state index contributed by atoms with van der Waals surface area (Å²) in [7, 11) is -1.48. The van der Waals surface area contributed by atoms with Crippen molar-refractivity contribution in [1.29, 1.82) is 0 Å². The number of allylic oxidation sites excluding steroid dienone is 3. The molecule has 2 saturated heterocycles. The van der Waals surface area contributed by atoms with E-state index in [9.17, 15) is 32.7 Å². The van der Waals surface area contributed by atoms with E-state index in [4.69, 9.17) is 37.0 Å². The Bertz CT molecular complexity index is 1950. The number of Topliss-reactive ketones (excluding diaryl/α,β-unsaturated/α-hetero) is 2.